The highest BCUT2D eigenvalue weighted by Crippen LogP contribution is 2.34. The first-order chi connectivity index (χ1) is 19.4. The predicted molar refractivity (Wildman–Crippen MR) is 163 cm³/mol. The number of hydrogen-bond donors (Lipinski definition) is 1. The van der Waals surface area contributed by atoms with E-state index in [1.54, 1.807) is 9.58 Å². The summed E-state index contributed by atoms with van der Waals surface area (Å²) in [5.41, 5.74) is 6.40. The standard InChI is InChI=1S/C34H40N4O2/c1-5-7-8-10-16-27-20-22-29(23-21-27)34(40)37(6-2)24-31(39)35-33-32(28-17-11-9-12-18-28)26(4)36-38(33)30-19-14-13-15-25(30)3/h9,11-15,17-23H,5-8,10,16,24H2,1-4H3,(H,35,39). The third-order valence-corrected chi connectivity index (χ3v) is 7.25. The second kappa shape index (κ2) is 13.7. The Hall–Kier alpha value is -4.19. The summed E-state index contributed by atoms with van der Waals surface area (Å²) in [5, 5.41) is 7.92. The Kier molecular flexibility index (Phi) is 9.90. The van der Waals surface area contributed by atoms with E-state index in [0.29, 0.717) is 17.9 Å². The van der Waals surface area contributed by atoms with Crippen LogP contribution in [0.3, 0.4) is 0 Å². The Morgan fingerprint density at radius 1 is 0.850 bits per heavy atom. The number of hydrogen-bond acceptors (Lipinski definition) is 3. The lowest BCUT2D eigenvalue weighted by Gasteiger charge is -2.21. The number of benzene rings is 3. The largest absolute Gasteiger partial charge is 0.330 e. The summed E-state index contributed by atoms with van der Waals surface area (Å²) in [6, 6.07) is 25.7. The predicted octanol–water partition coefficient (Wildman–Crippen LogP) is 7.38. The zero-order chi connectivity index (χ0) is 28.5. The molecule has 0 aliphatic heterocycles. The summed E-state index contributed by atoms with van der Waals surface area (Å²) in [4.78, 5) is 28.4. The topological polar surface area (TPSA) is 67.2 Å². The third kappa shape index (κ3) is 6.87. The highest BCUT2D eigenvalue weighted by molar-refractivity contribution is 6.01. The summed E-state index contributed by atoms with van der Waals surface area (Å²) in [6.45, 7) is 8.44. The molecule has 0 aliphatic carbocycles. The van der Waals surface area contributed by atoms with Crippen LogP contribution in [0.5, 0.6) is 0 Å². The van der Waals surface area contributed by atoms with Gasteiger partial charge in [-0.25, -0.2) is 4.68 Å². The van der Waals surface area contributed by atoms with Gasteiger partial charge in [0.05, 0.1) is 11.4 Å². The molecule has 2 amide bonds. The molecule has 0 atom stereocenters. The first-order valence-electron chi connectivity index (χ1n) is 14.3. The molecular formula is C34H40N4O2. The Labute approximate surface area is 238 Å². The lowest BCUT2D eigenvalue weighted by molar-refractivity contribution is -0.116. The highest BCUT2D eigenvalue weighted by Gasteiger charge is 2.23. The van der Waals surface area contributed by atoms with Crippen LogP contribution in [0.25, 0.3) is 16.8 Å². The number of para-hydroxylation sites is 1. The van der Waals surface area contributed by atoms with Gasteiger partial charge in [0.15, 0.2) is 0 Å². The van der Waals surface area contributed by atoms with Crippen molar-refractivity contribution in [2.45, 2.75) is 59.8 Å². The maximum Gasteiger partial charge on any atom is 0.254 e. The summed E-state index contributed by atoms with van der Waals surface area (Å²) in [5.74, 6) is 0.177. The van der Waals surface area contributed by atoms with Gasteiger partial charge in [-0.3, -0.25) is 9.59 Å². The van der Waals surface area contributed by atoms with E-state index >= 15 is 0 Å². The van der Waals surface area contributed by atoms with E-state index in [9.17, 15) is 9.59 Å². The number of nitrogens with zero attached hydrogens (tertiary/aromatic N) is 3. The van der Waals surface area contributed by atoms with Crippen LogP contribution in [-0.2, 0) is 11.2 Å². The molecule has 4 aromatic rings. The molecule has 0 bridgehead atoms. The van der Waals surface area contributed by atoms with E-state index in [2.05, 4.69) is 12.2 Å². The lowest BCUT2D eigenvalue weighted by Crippen LogP contribution is -2.38. The number of likely N-dealkylation sites (N-methyl/N-ethyl adjacent to an activating group) is 1. The smallest absolute Gasteiger partial charge is 0.254 e. The number of carbonyl (C=O) groups is 2. The van der Waals surface area contributed by atoms with E-state index in [0.717, 1.165) is 40.9 Å². The van der Waals surface area contributed by atoms with Crippen molar-refractivity contribution in [1.29, 1.82) is 0 Å². The van der Waals surface area contributed by atoms with Gasteiger partial charge in [-0.2, -0.15) is 5.10 Å². The minimum atomic E-state index is -0.269. The number of rotatable bonds is 12. The van der Waals surface area contributed by atoms with Crippen LogP contribution < -0.4 is 5.32 Å². The zero-order valence-electron chi connectivity index (χ0n) is 24.1. The number of aromatic nitrogens is 2. The SMILES string of the molecule is CCCCCCc1ccc(C(=O)N(CC)CC(=O)Nc2c(-c3ccccc3)c(C)nn2-c2ccccc2C)cc1. The minimum Gasteiger partial charge on any atom is -0.330 e. The van der Waals surface area contributed by atoms with Crippen LogP contribution in [0.15, 0.2) is 78.9 Å². The average Bonchev–Trinajstić information content (AvgIpc) is 3.29. The molecule has 0 spiro atoms. The van der Waals surface area contributed by atoms with Gasteiger partial charge >= 0.3 is 0 Å². The molecule has 1 aromatic heterocycles. The second-order valence-electron chi connectivity index (χ2n) is 10.2. The first-order valence-corrected chi connectivity index (χ1v) is 14.3. The normalized spacial score (nSPS) is 10.9. The van der Waals surface area contributed by atoms with E-state index in [4.69, 9.17) is 5.10 Å². The molecule has 0 saturated carbocycles. The molecule has 0 aliphatic rings. The van der Waals surface area contributed by atoms with Gasteiger partial charge in [-0.1, -0.05) is 86.8 Å². The number of anilines is 1. The summed E-state index contributed by atoms with van der Waals surface area (Å²) in [6.07, 6.45) is 5.87. The summed E-state index contributed by atoms with van der Waals surface area (Å²) < 4.78 is 1.79. The van der Waals surface area contributed by atoms with Crippen molar-refractivity contribution in [3.8, 4) is 16.8 Å². The Morgan fingerprint density at radius 2 is 1.55 bits per heavy atom. The van der Waals surface area contributed by atoms with Crippen molar-refractivity contribution in [3.63, 3.8) is 0 Å². The number of carbonyl (C=O) groups excluding carboxylic acids is 2. The van der Waals surface area contributed by atoms with Crippen molar-refractivity contribution in [1.82, 2.24) is 14.7 Å². The second-order valence-corrected chi connectivity index (χ2v) is 10.2. The molecule has 0 radical (unpaired) electrons. The molecule has 40 heavy (non-hydrogen) atoms. The van der Waals surface area contributed by atoms with Gasteiger partial charge < -0.3 is 10.2 Å². The highest BCUT2D eigenvalue weighted by atomic mass is 16.2. The first kappa shape index (κ1) is 28.8. The molecule has 0 unspecified atom stereocenters. The van der Waals surface area contributed by atoms with E-state index in [-0.39, 0.29) is 18.4 Å². The van der Waals surface area contributed by atoms with E-state index in [1.807, 2.05) is 99.6 Å². The fourth-order valence-electron chi connectivity index (χ4n) is 4.99. The van der Waals surface area contributed by atoms with Gasteiger partial charge in [-0.15, -0.1) is 0 Å². The van der Waals surface area contributed by atoms with Crippen LogP contribution in [0.4, 0.5) is 5.82 Å². The summed E-state index contributed by atoms with van der Waals surface area (Å²) >= 11 is 0. The Balaban J connectivity index is 1.54. The molecule has 0 fully saturated rings. The number of amides is 2. The molecule has 1 heterocycles. The van der Waals surface area contributed by atoms with Gasteiger partial charge in [0.2, 0.25) is 5.91 Å². The molecule has 6 heteroatoms. The maximum absolute atomic E-state index is 13.5. The maximum atomic E-state index is 13.5. The van der Waals surface area contributed by atoms with E-state index in [1.165, 1.54) is 24.8 Å². The van der Waals surface area contributed by atoms with Gasteiger partial charge in [-0.05, 0) is 68.5 Å². The molecule has 0 saturated heterocycles. The molecule has 6 nitrogen and oxygen atoms in total. The van der Waals surface area contributed by atoms with Crippen molar-refractivity contribution in [3.05, 3.63) is 101 Å². The molecule has 4 rings (SSSR count). The third-order valence-electron chi connectivity index (χ3n) is 7.25. The van der Waals surface area contributed by atoms with Crippen molar-refractivity contribution < 1.29 is 9.59 Å². The van der Waals surface area contributed by atoms with Crippen LogP contribution in [0.1, 0.15) is 66.7 Å². The van der Waals surface area contributed by atoms with Crippen molar-refractivity contribution in [2.24, 2.45) is 0 Å². The van der Waals surface area contributed by atoms with Crippen molar-refractivity contribution in [2.75, 3.05) is 18.4 Å². The molecule has 208 valence electrons. The molecule has 1 N–H and O–H groups in total. The van der Waals surface area contributed by atoms with Crippen LogP contribution >= 0.6 is 0 Å². The Morgan fingerprint density at radius 3 is 2.23 bits per heavy atom. The van der Waals surface area contributed by atoms with Gasteiger partial charge in [0.25, 0.3) is 5.91 Å². The fourth-order valence-corrected chi connectivity index (χ4v) is 4.99. The average molecular weight is 537 g/mol. The van der Waals surface area contributed by atoms with Crippen LogP contribution in [-0.4, -0.2) is 39.6 Å². The quantitative estimate of drug-likeness (QED) is 0.192. The lowest BCUT2D eigenvalue weighted by atomic mass is 10.0. The van der Waals surface area contributed by atoms with Crippen LogP contribution in [0, 0.1) is 13.8 Å². The Bertz CT molecular complexity index is 1420. The minimum absolute atomic E-state index is 0.0552. The van der Waals surface area contributed by atoms with Gasteiger partial charge in [0.1, 0.15) is 12.4 Å². The van der Waals surface area contributed by atoms with Crippen molar-refractivity contribution >= 4 is 17.6 Å². The fraction of sp³-hybridized carbons (Fsp3) is 0.324. The zero-order valence-corrected chi connectivity index (χ0v) is 24.1. The monoisotopic (exact) mass is 536 g/mol. The van der Waals surface area contributed by atoms with Crippen LogP contribution in [0.2, 0.25) is 0 Å². The van der Waals surface area contributed by atoms with E-state index < -0.39 is 0 Å². The number of nitrogens with one attached hydrogen (secondary N) is 1. The number of unbranched alkanes of at least 4 members (excludes halogenated alkanes) is 3. The molecular weight excluding hydrogens is 496 g/mol. The molecule has 3 aromatic carbocycles. The van der Waals surface area contributed by atoms with Gasteiger partial charge in [0, 0.05) is 17.7 Å². The summed E-state index contributed by atoms with van der Waals surface area (Å²) in [7, 11) is 0. The number of aryl methyl sites for hydroxylation is 3.